The van der Waals surface area contributed by atoms with E-state index < -0.39 is 0 Å². The molecule has 0 amide bonds. The Morgan fingerprint density at radius 1 is 0.400 bits per heavy atom. The third-order valence-corrected chi connectivity index (χ3v) is 10.3. The zero-order valence-electron chi connectivity index (χ0n) is 27.7. The molecule has 0 fully saturated rings. The molecule has 1 aromatic heterocycles. The van der Waals surface area contributed by atoms with Gasteiger partial charge in [0, 0.05) is 33.1 Å². The van der Waals surface area contributed by atoms with E-state index in [4.69, 9.17) is 19.7 Å². The minimum absolute atomic E-state index is 0.0611. The Morgan fingerprint density at radius 2 is 1.00 bits per heavy atom. The minimum Gasteiger partial charge on any atom is -0.456 e. The highest BCUT2D eigenvalue weighted by molar-refractivity contribution is 6.04. The lowest BCUT2D eigenvalue weighted by Gasteiger charge is -2.22. The lowest BCUT2D eigenvalue weighted by molar-refractivity contribution is 0.487. The summed E-state index contributed by atoms with van der Waals surface area (Å²) in [4.78, 5) is 15.1. The van der Waals surface area contributed by atoms with Crippen LogP contribution in [-0.4, -0.2) is 15.0 Å². The Kier molecular flexibility index (Phi) is 6.19. The molecule has 0 saturated heterocycles. The van der Waals surface area contributed by atoms with Crippen LogP contribution in [-0.2, 0) is 5.41 Å². The van der Waals surface area contributed by atoms with Gasteiger partial charge in [-0.1, -0.05) is 141 Å². The molecular formula is C46H31N3O. The van der Waals surface area contributed by atoms with Gasteiger partial charge in [-0.15, -0.1) is 0 Å². The van der Waals surface area contributed by atoms with Crippen LogP contribution in [0.2, 0.25) is 0 Å². The molecule has 2 aliphatic rings. The number of hydrogen-bond acceptors (Lipinski definition) is 4. The summed E-state index contributed by atoms with van der Waals surface area (Å²) in [6.07, 6.45) is 0. The largest absolute Gasteiger partial charge is 0.456 e. The fraction of sp³-hybridized carbons (Fsp3) is 0.0652. The number of nitrogens with zero attached hydrogens (tertiary/aromatic N) is 3. The lowest BCUT2D eigenvalue weighted by atomic mass is 9.82. The first-order valence-corrected chi connectivity index (χ1v) is 17.0. The Labute approximate surface area is 290 Å². The fourth-order valence-electron chi connectivity index (χ4n) is 7.76. The number of benzene rings is 7. The molecule has 0 saturated carbocycles. The third-order valence-electron chi connectivity index (χ3n) is 10.3. The highest BCUT2D eigenvalue weighted by atomic mass is 16.5. The van der Waals surface area contributed by atoms with Crippen molar-refractivity contribution in [2.75, 3.05) is 0 Å². The lowest BCUT2D eigenvalue weighted by Crippen LogP contribution is -2.14. The highest BCUT2D eigenvalue weighted by Crippen LogP contribution is 2.50. The van der Waals surface area contributed by atoms with Crippen LogP contribution in [0.1, 0.15) is 25.0 Å². The molecular weight excluding hydrogens is 611 g/mol. The first kappa shape index (κ1) is 28.6. The van der Waals surface area contributed by atoms with Crippen LogP contribution in [0.4, 0.5) is 0 Å². The molecule has 1 aliphatic heterocycles. The van der Waals surface area contributed by atoms with Gasteiger partial charge < -0.3 is 4.74 Å². The number of rotatable bonds is 4. The van der Waals surface area contributed by atoms with Gasteiger partial charge in [0.1, 0.15) is 11.5 Å². The molecule has 10 rings (SSSR count). The zero-order valence-corrected chi connectivity index (χ0v) is 27.7. The van der Waals surface area contributed by atoms with Crippen LogP contribution >= 0.6 is 0 Å². The number of ether oxygens (including phenoxy) is 1. The number of fused-ring (bicyclic) bond motifs is 5. The molecule has 50 heavy (non-hydrogen) atoms. The van der Waals surface area contributed by atoms with Gasteiger partial charge in [0.2, 0.25) is 0 Å². The molecule has 8 aromatic rings. The van der Waals surface area contributed by atoms with E-state index in [-0.39, 0.29) is 5.41 Å². The first-order valence-electron chi connectivity index (χ1n) is 17.0. The second-order valence-electron chi connectivity index (χ2n) is 13.7. The Bertz CT molecular complexity index is 2640. The quantitative estimate of drug-likeness (QED) is 0.192. The Hall–Kier alpha value is -6.39. The summed E-state index contributed by atoms with van der Waals surface area (Å²) in [6.45, 7) is 4.60. The Morgan fingerprint density at radius 3 is 1.80 bits per heavy atom. The van der Waals surface area contributed by atoms with Crippen molar-refractivity contribution < 1.29 is 4.74 Å². The SMILES string of the molecule is CC1(C)c2ccccc2-c2cc(-c3nc(-c4ccccc4)nc(-c4ccc(-c5ccc6c(c5)Oc5cccc7cccc-6c57)cc4)n3)ccc21. The van der Waals surface area contributed by atoms with E-state index in [1.807, 2.05) is 36.4 Å². The molecule has 7 aromatic carbocycles. The molecule has 4 nitrogen and oxygen atoms in total. The van der Waals surface area contributed by atoms with Crippen LogP contribution < -0.4 is 4.74 Å². The van der Waals surface area contributed by atoms with E-state index in [9.17, 15) is 0 Å². The third kappa shape index (κ3) is 4.42. The van der Waals surface area contributed by atoms with Crippen molar-refractivity contribution in [3.8, 4) is 79.0 Å². The summed E-state index contributed by atoms with van der Waals surface area (Å²) >= 11 is 0. The average Bonchev–Trinajstić information content (AvgIpc) is 3.40. The standard InChI is InChI=1S/C46H31N3O/c1-46(2)38-16-7-6-14-34(38)37-26-33(23-25-39(37)46)45-48-43(30-10-4-3-5-11-30)47-44(49-45)31-20-18-28(19-21-31)32-22-24-35-36-15-8-12-29-13-9-17-40(42(29)36)50-41(35)27-32/h3-27H,1-2H3. The van der Waals surface area contributed by atoms with Crippen LogP contribution in [0.3, 0.4) is 0 Å². The topological polar surface area (TPSA) is 47.9 Å². The maximum absolute atomic E-state index is 6.45. The second kappa shape index (κ2) is 10.8. The van der Waals surface area contributed by atoms with Gasteiger partial charge >= 0.3 is 0 Å². The summed E-state index contributed by atoms with van der Waals surface area (Å²) in [5.74, 6) is 3.71. The van der Waals surface area contributed by atoms with Crippen molar-refractivity contribution in [3.63, 3.8) is 0 Å². The maximum atomic E-state index is 6.45. The molecule has 0 atom stereocenters. The van der Waals surface area contributed by atoms with Crippen molar-refractivity contribution >= 4 is 10.8 Å². The molecule has 0 bridgehead atoms. The predicted octanol–water partition coefficient (Wildman–Crippen LogP) is 11.8. The predicted molar refractivity (Wildman–Crippen MR) is 202 cm³/mol. The van der Waals surface area contributed by atoms with E-state index in [1.165, 1.54) is 38.6 Å². The van der Waals surface area contributed by atoms with Gasteiger partial charge in [0.25, 0.3) is 0 Å². The summed E-state index contributed by atoms with van der Waals surface area (Å²) in [5, 5.41) is 2.35. The number of aromatic nitrogens is 3. The van der Waals surface area contributed by atoms with E-state index >= 15 is 0 Å². The molecule has 4 heteroatoms. The second-order valence-corrected chi connectivity index (χ2v) is 13.7. The average molecular weight is 642 g/mol. The van der Waals surface area contributed by atoms with E-state index in [0.717, 1.165) is 44.9 Å². The van der Waals surface area contributed by atoms with Crippen molar-refractivity contribution in [2.24, 2.45) is 0 Å². The van der Waals surface area contributed by atoms with Gasteiger partial charge in [0.15, 0.2) is 17.5 Å². The summed E-state index contributed by atoms with van der Waals surface area (Å²) in [5.41, 5.74) is 12.5. The Balaban J connectivity index is 1.04. The van der Waals surface area contributed by atoms with Crippen molar-refractivity contribution in [3.05, 3.63) is 163 Å². The van der Waals surface area contributed by atoms with E-state index in [1.54, 1.807) is 0 Å². The van der Waals surface area contributed by atoms with Gasteiger partial charge in [-0.3, -0.25) is 0 Å². The normalized spacial score (nSPS) is 13.3. The van der Waals surface area contributed by atoms with Gasteiger partial charge in [0.05, 0.1) is 0 Å². The molecule has 0 N–H and O–H groups in total. The van der Waals surface area contributed by atoms with E-state index in [0.29, 0.717) is 17.5 Å². The molecule has 0 unspecified atom stereocenters. The van der Waals surface area contributed by atoms with Crippen LogP contribution in [0, 0.1) is 0 Å². The van der Waals surface area contributed by atoms with Crippen molar-refractivity contribution in [2.45, 2.75) is 19.3 Å². The maximum Gasteiger partial charge on any atom is 0.164 e. The van der Waals surface area contributed by atoms with Crippen LogP contribution in [0.25, 0.3) is 78.3 Å². The first-order chi connectivity index (χ1) is 24.5. The van der Waals surface area contributed by atoms with Gasteiger partial charge in [-0.2, -0.15) is 0 Å². The fourth-order valence-corrected chi connectivity index (χ4v) is 7.76. The molecule has 2 heterocycles. The van der Waals surface area contributed by atoms with Crippen LogP contribution in [0.15, 0.2) is 152 Å². The van der Waals surface area contributed by atoms with Crippen molar-refractivity contribution in [1.82, 2.24) is 15.0 Å². The highest BCUT2D eigenvalue weighted by Gasteiger charge is 2.35. The minimum atomic E-state index is -0.0611. The monoisotopic (exact) mass is 641 g/mol. The molecule has 236 valence electrons. The zero-order chi connectivity index (χ0) is 33.4. The summed E-state index contributed by atoms with van der Waals surface area (Å²) < 4.78 is 6.45. The molecule has 0 spiro atoms. The summed E-state index contributed by atoms with van der Waals surface area (Å²) in [7, 11) is 0. The molecule has 0 radical (unpaired) electrons. The van der Waals surface area contributed by atoms with Gasteiger partial charge in [-0.05, 0) is 68.6 Å². The van der Waals surface area contributed by atoms with Gasteiger partial charge in [-0.25, -0.2) is 15.0 Å². The van der Waals surface area contributed by atoms with Crippen molar-refractivity contribution in [1.29, 1.82) is 0 Å². The van der Waals surface area contributed by atoms with E-state index in [2.05, 4.69) is 129 Å². The number of hydrogen-bond donors (Lipinski definition) is 0. The smallest absolute Gasteiger partial charge is 0.164 e. The van der Waals surface area contributed by atoms with Crippen LogP contribution in [0.5, 0.6) is 11.5 Å². The summed E-state index contributed by atoms with van der Waals surface area (Å²) in [6, 6.07) is 53.1. The molecule has 1 aliphatic carbocycles.